The van der Waals surface area contributed by atoms with E-state index in [4.69, 9.17) is 34.0 Å². The van der Waals surface area contributed by atoms with E-state index >= 15 is 0 Å². The number of nitrogens with zero attached hydrogens (tertiary/aromatic N) is 3. The molecule has 0 unspecified atom stereocenters. The summed E-state index contributed by atoms with van der Waals surface area (Å²) in [5.41, 5.74) is 6.17. The first-order chi connectivity index (χ1) is 20.8. The van der Waals surface area contributed by atoms with Crippen molar-refractivity contribution in [2.24, 2.45) is 11.0 Å². The zero-order chi connectivity index (χ0) is 34.3. The minimum Gasteiger partial charge on any atom is -0.458 e. The molecule has 14 heteroatoms. The lowest BCUT2D eigenvalue weighted by atomic mass is 9.82. The van der Waals surface area contributed by atoms with E-state index in [2.05, 4.69) is 15.3 Å². The number of amides is 1. The molecule has 0 bridgehead atoms. The van der Waals surface area contributed by atoms with Gasteiger partial charge in [0.1, 0.15) is 42.7 Å². The number of hydrogen-bond acceptors (Lipinski definition) is 11. The fourth-order valence-corrected chi connectivity index (χ4v) is 4.61. The second kappa shape index (κ2) is 18.9. The molecule has 0 heterocycles. The maximum atomic E-state index is 13.3. The number of rotatable bonds is 17. The molecule has 0 spiro atoms. The minimum atomic E-state index is -0.914. The average molecular weight is 643 g/mol. The Morgan fingerprint density at radius 2 is 1.11 bits per heavy atom. The molecule has 1 rings (SSSR count). The van der Waals surface area contributed by atoms with E-state index in [1.165, 1.54) is 0 Å². The zero-order valence-electron chi connectivity index (χ0n) is 28.5. The van der Waals surface area contributed by atoms with Crippen LogP contribution in [0.15, 0.2) is 5.11 Å². The van der Waals surface area contributed by atoms with Crippen LogP contribution in [0.4, 0.5) is 0 Å². The van der Waals surface area contributed by atoms with Gasteiger partial charge in [0.15, 0.2) is 0 Å². The molecule has 0 aromatic rings. The molecular formula is C31H54N4O10. The topological polar surface area (TPSA) is 184 Å². The van der Waals surface area contributed by atoms with Gasteiger partial charge in [-0.1, -0.05) is 18.0 Å². The number of unbranched alkanes of at least 4 members (excludes halogenated alkanes) is 3. The maximum absolute atomic E-state index is 13.3. The summed E-state index contributed by atoms with van der Waals surface area (Å²) in [5.74, 6) is -2.65. The SMILES string of the molecule is CC(C)(C)OC(=O)COC1[C@H](OCC(=O)OC(C)(C)C)CC(C(=O)NCCCCCCN=[N+]=[N-])C[C@H]1OCC(=O)OC(C)(C)C. The zero-order valence-corrected chi connectivity index (χ0v) is 28.5. The molecule has 0 aromatic heterocycles. The van der Waals surface area contributed by atoms with Crippen LogP contribution in [0.25, 0.3) is 10.4 Å². The molecule has 0 radical (unpaired) electrons. The first-order valence-electron chi connectivity index (χ1n) is 15.6. The third-order valence-corrected chi connectivity index (χ3v) is 6.17. The Bertz CT molecular complexity index is 967. The van der Waals surface area contributed by atoms with E-state index in [0.717, 1.165) is 25.7 Å². The van der Waals surface area contributed by atoms with Crippen molar-refractivity contribution in [2.75, 3.05) is 32.9 Å². The molecule has 1 aliphatic carbocycles. The predicted octanol–water partition coefficient (Wildman–Crippen LogP) is 4.56. The summed E-state index contributed by atoms with van der Waals surface area (Å²) >= 11 is 0. The number of nitrogens with one attached hydrogen (secondary N) is 1. The smallest absolute Gasteiger partial charge is 0.332 e. The Hall–Kier alpha value is -2.93. The van der Waals surface area contributed by atoms with Gasteiger partial charge in [0.2, 0.25) is 5.91 Å². The average Bonchev–Trinajstić information content (AvgIpc) is 2.88. The van der Waals surface area contributed by atoms with E-state index < -0.39 is 78.8 Å². The van der Waals surface area contributed by atoms with Crippen LogP contribution in [0.2, 0.25) is 0 Å². The second-order valence-corrected chi connectivity index (χ2v) is 14.1. The fourth-order valence-electron chi connectivity index (χ4n) is 4.61. The number of esters is 3. The van der Waals surface area contributed by atoms with Crippen molar-refractivity contribution in [3.8, 4) is 0 Å². The molecule has 0 aliphatic heterocycles. The van der Waals surface area contributed by atoms with Gasteiger partial charge in [-0.3, -0.25) is 4.79 Å². The number of ether oxygens (including phenoxy) is 6. The van der Waals surface area contributed by atoms with Crippen molar-refractivity contribution in [3.63, 3.8) is 0 Å². The monoisotopic (exact) mass is 642 g/mol. The molecule has 2 atom stereocenters. The molecule has 1 fully saturated rings. The molecule has 1 saturated carbocycles. The third-order valence-electron chi connectivity index (χ3n) is 6.17. The molecule has 45 heavy (non-hydrogen) atoms. The Labute approximate surface area is 267 Å². The van der Waals surface area contributed by atoms with Gasteiger partial charge in [-0.25, -0.2) is 14.4 Å². The molecule has 1 amide bonds. The lowest BCUT2D eigenvalue weighted by Crippen LogP contribution is -2.53. The van der Waals surface area contributed by atoms with Crippen LogP contribution in [0.1, 0.15) is 101 Å². The largest absolute Gasteiger partial charge is 0.458 e. The van der Waals surface area contributed by atoms with Gasteiger partial charge in [0.05, 0.1) is 12.2 Å². The fraction of sp³-hybridized carbons (Fsp3) is 0.871. The minimum absolute atomic E-state index is 0.173. The molecule has 258 valence electrons. The van der Waals surface area contributed by atoms with Crippen molar-refractivity contribution in [1.29, 1.82) is 0 Å². The Morgan fingerprint density at radius 1 is 0.689 bits per heavy atom. The summed E-state index contributed by atoms with van der Waals surface area (Å²) in [6.07, 6.45) is 0.973. The highest BCUT2D eigenvalue weighted by Gasteiger charge is 2.44. The van der Waals surface area contributed by atoms with Gasteiger partial charge >= 0.3 is 17.9 Å². The second-order valence-electron chi connectivity index (χ2n) is 14.1. The first kappa shape index (κ1) is 40.1. The Balaban J connectivity index is 3.09. The van der Waals surface area contributed by atoms with Crippen LogP contribution in [-0.4, -0.2) is 91.8 Å². The van der Waals surface area contributed by atoms with E-state index in [1.54, 1.807) is 62.3 Å². The summed E-state index contributed by atoms with van der Waals surface area (Å²) in [6, 6.07) is 0. The van der Waals surface area contributed by atoms with Crippen molar-refractivity contribution in [1.82, 2.24) is 5.32 Å². The van der Waals surface area contributed by atoms with Crippen LogP contribution in [0.3, 0.4) is 0 Å². The summed E-state index contributed by atoms with van der Waals surface area (Å²) in [7, 11) is 0. The number of azide groups is 1. The number of carbonyl (C=O) groups is 4. The molecule has 0 aromatic carbocycles. The van der Waals surface area contributed by atoms with E-state index in [-0.39, 0.29) is 18.7 Å². The molecular weight excluding hydrogens is 588 g/mol. The highest BCUT2D eigenvalue weighted by molar-refractivity contribution is 5.79. The normalized spacial score (nSPS) is 20.5. The van der Waals surface area contributed by atoms with Gasteiger partial charge in [-0.15, -0.1) is 0 Å². The van der Waals surface area contributed by atoms with Crippen LogP contribution >= 0.6 is 0 Å². The summed E-state index contributed by atoms with van der Waals surface area (Å²) in [5, 5.41) is 6.47. The van der Waals surface area contributed by atoms with Crippen LogP contribution in [0.5, 0.6) is 0 Å². The number of carbonyl (C=O) groups excluding carboxylic acids is 4. The van der Waals surface area contributed by atoms with Crippen molar-refractivity contribution in [2.45, 2.75) is 136 Å². The van der Waals surface area contributed by atoms with Crippen LogP contribution in [0, 0.1) is 5.92 Å². The quantitative estimate of drug-likeness (QED) is 0.0589. The van der Waals surface area contributed by atoms with Crippen molar-refractivity contribution in [3.05, 3.63) is 10.4 Å². The predicted molar refractivity (Wildman–Crippen MR) is 165 cm³/mol. The maximum Gasteiger partial charge on any atom is 0.332 e. The lowest BCUT2D eigenvalue weighted by molar-refractivity contribution is -0.198. The Kier molecular flexibility index (Phi) is 16.8. The molecule has 1 aliphatic rings. The highest BCUT2D eigenvalue weighted by atomic mass is 16.6. The standard InChI is InChI=1S/C31H54N4O10/c1-29(2,3)43-24(36)18-40-22-16-21(28(39)33-14-12-10-11-13-15-34-35-32)17-23(41-19-25(37)44-30(4,5)6)27(22)42-20-26(38)45-31(7,8)9/h21-23,27H,10-20H2,1-9H3,(H,33,39)/t21?,22-,23-,27?/m1/s1. The van der Waals surface area contributed by atoms with Gasteiger partial charge in [0, 0.05) is 23.9 Å². The highest BCUT2D eigenvalue weighted by Crippen LogP contribution is 2.32. The molecule has 14 nitrogen and oxygen atoms in total. The molecule has 0 saturated heterocycles. The Morgan fingerprint density at radius 3 is 1.53 bits per heavy atom. The lowest BCUT2D eigenvalue weighted by Gasteiger charge is -2.40. The van der Waals surface area contributed by atoms with Crippen molar-refractivity contribution >= 4 is 23.8 Å². The summed E-state index contributed by atoms with van der Waals surface area (Å²) in [4.78, 5) is 53.5. The van der Waals surface area contributed by atoms with Crippen LogP contribution in [-0.2, 0) is 47.6 Å². The van der Waals surface area contributed by atoms with E-state index in [9.17, 15) is 19.2 Å². The van der Waals surface area contributed by atoms with Gasteiger partial charge in [-0.05, 0) is 93.5 Å². The molecule has 1 N–H and O–H groups in total. The summed E-state index contributed by atoms with van der Waals surface area (Å²) < 4.78 is 34.0. The number of hydrogen-bond donors (Lipinski definition) is 1. The van der Waals surface area contributed by atoms with Crippen molar-refractivity contribution < 1.29 is 47.6 Å². The van der Waals surface area contributed by atoms with Crippen LogP contribution < -0.4 is 5.32 Å². The first-order valence-corrected chi connectivity index (χ1v) is 15.6. The van der Waals surface area contributed by atoms with Gasteiger partial charge in [0.25, 0.3) is 0 Å². The van der Waals surface area contributed by atoms with Gasteiger partial charge in [-0.2, -0.15) is 0 Å². The third kappa shape index (κ3) is 19.2. The summed E-state index contributed by atoms with van der Waals surface area (Å²) in [6.45, 7) is 15.2. The van der Waals surface area contributed by atoms with Gasteiger partial charge < -0.3 is 33.7 Å². The van der Waals surface area contributed by atoms with E-state index in [1.807, 2.05) is 0 Å². The van der Waals surface area contributed by atoms with E-state index in [0.29, 0.717) is 13.1 Å².